The summed E-state index contributed by atoms with van der Waals surface area (Å²) in [5.74, 6) is 0.714. The van der Waals surface area contributed by atoms with Gasteiger partial charge in [-0.3, -0.25) is 14.2 Å². The second kappa shape index (κ2) is 12.0. The number of methoxy groups -OCH3 is 1. The maximum absolute atomic E-state index is 13.5. The highest BCUT2D eigenvalue weighted by Crippen LogP contribution is 2.38. The minimum atomic E-state index is -0.391. The van der Waals surface area contributed by atoms with Gasteiger partial charge in [-0.05, 0) is 50.3 Å². The summed E-state index contributed by atoms with van der Waals surface area (Å²) in [5.41, 5.74) is 2.69. The summed E-state index contributed by atoms with van der Waals surface area (Å²) in [6.07, 6.45) is 5.64. The highest BCUT2D eigenvalue weighted by Gasteiger charge is 2.28. The number of anilines is 1. The van der Waals surface area contributed by atoms with Gasteiger partial charge in [0.1, 0.15) is 10.8 Å². The first-order chi connectivity index (χ1) is 18.5. The molecule has 1 N–H and O–H groups in total. The number of benzene rings is 1. The lowest BCUT2D eigenvalue weighted by Gasteiger charge is -2.16. The van der Waals surface area contributed by atoms with Crippen molar-refractivity contribution in [3.05, 3.63) is 56.3 Å². The largest absolute Gasteiger partial charge is 0.495 e. The van der Waals surface area contributed by atoms with Crippen molar-refractivity contribution in [1.29, 1.82) is 0 Å². The van der Waals surface area contributed by atoms with Crippen LogP contribution in [0.4, 0.5) is 5.00 Å². The topological polar surface area (TPSA) is 99.5 Å². The Kier molecular flexibility index (Phi) is 8.45. The number of nitrogens with one attached hydrogen (secondary N) is 1. The summed E-state index contributed by atoms with van der Waals surface area (Å²) < 4.78 is 12.4. The normalized spacial score (nSPS) is 14.4. The number of hydrogen-bond acceptors (Lipinski definition) is 9. The molecule has 200 valence electrons. The Morgan fingerprint density at radius 3 is 2.79 bits per heavy atom. The number of nitrogens with zero attached hydrogens (tertiary/aromatic N) is 2. The van der Waals surface area contributed by atoms with Gasteiger partial charge in [0, 0.05) is 17.1 Å². The monoisotopic (exact) mass is 571 g/mol. The van der Waals surface area contributed by atoms with Gasteiger partial charge in [0.15, 0.2) is 5.16 Å². The lowest BCUT2D eigenvalue weighted by molar-refractivity contribution is -0.113. The van der Waals surface area contributed by atoms with Crippen LogP contribution >= 0.6 is 34.9 Å². The number of carbonyl (C=O) groups is 2. The van der Waals surface area contributed by atoms with E-state index in [2.05, 4.69) is 5.32 Å². The van der Waals surface area contributed by atoms with Gasteiger partial charge in [0.2, 0.25) is 5.91 Å². The van der Waals surface area contributed by atoms with Gasteiger partial charge in [-0.2, -0.15) is 0 Å². The fourth-order valence-electron chi connectivity index (χ4n) is 4.76. The summed E-state index contributed by atoms with van der Waals surface area (Å²) in [6.45, 7) is 2.05. The van der Waals surface area contributed by atoms with Crippen molar-refractivity contribution in [3.63, 3.8) is 0 Å². The van der Waals surface area contributed by atoms with Crippen LogP contribution in [0.3, 0.4) is 0 Å². The van der Waals surface area contributed by atoms with Gasteiger partial charge in [-0.15, -0.1) is 23.1 Å². The van der Waals surface area contributed by atoms with E-state index < -0.39 is 5.97 Å². The number of ether oxygens (including phenoxy) is 2. The zero-order valence-electron chi connectivity index (χ0n) is 21.3. The summed E-state index contributed by atoms with van der Waals surface area (Å²) >= 11 is 4.17. The average molecular weight is 572 g/mol. The van der Waals surface area contributed by atoms with Crippen LogP contribution in [0.5, 0.6) is 5.75 Å². The molecule has 2 aliphatic rings. The third kappa shape index (κ3) is 5.37. The second-order valence-corrected chi connectivity index (χ2v) is 12.1. The standard InChI is InChI=1S/C27H29N3O5S3/c1-3-35-26(33)22-16-9-5-4-6-12-20(16)38-24(22)29-21(31)15-37-27-28-17-13-14-36-23(17)25(32)30(27)18-10-7-8-11-19(18)34-2/h7-8,10-11H,3-6,9,12-15H2,1-2H3,(H,29,31). The molecule has 11 heteroatoms. The van der Waals surface area contributed by atoms with Gasteiger partial charge >= 0.3 is 5.97 Å². The molecule has 0 atom stereocenters. The van der Waals surface area contributed by atoms with Crippen LogP contribution in [-0.2, 0) is 28.8 Å². The molecule has 5 rings (SSSR count). The van der Waals surface area contributed by atoms with Gasteiger partial charge < -0.3 is 14.8 Å². The molecule has 38 heavy (non-hydrogen) atoms. The SMILES string of the molecule is CCOC(=O)c1c(NC(=O)CSc2nc3c(c(=O)n2-c2ccccc2OC)SCC3)sc2c1CCCCC2. The number of rotatable bonds is 8. The van der Waals surface area contributed by atoms with Crippen LogP contribution in [-0.4, -0.2) is 46.6 Å². The Balaban J connectivity index is 1.42. The zero-order valence-corrected chi connectivity index (χ0v) is 23.8. The quantitative estimate of drug-likeness (QED) is 0.172. The Labute approximate surface area is 233 Å². The molecule has 1 aliphatic carbocycles. The van der Waals surface area contributed by atoms with E-state index in [0.29, 0.717) is 38.5 Å². The maximum Gasteiger partial charge on any atom is 0.341 e. The summed E-state index contributed by atoms with van der Waals surface area (Å²) in [6, 6.07) is 7.28. The summed E-state index contributed by atoms with van der Waals surface area (Å²) in [7, 11) is 1.56. The molecule has 3 heterocycles. The molecule has 1 aliphatic heterocycles. The maximum atomic E-state index is 13.5. The molecular formula is C27H29N3O5S3. The predicted octanol–water partition coefficient (Wildman–Crippen LogP) is 5.13. The van der Waals surface area contributed by atoms with Crippen LogP contribution < -0.4 is 15.6 Å². The van der Waals surface area contributed by atoms with Crippen molar-refractivity contribution < 1.29 is 19.1 Å². The van der Waals surface area contributed by atoms with E-state index in [1.807, 2.05) is 18.2 Å². The zero-order chi connectivity index (χ0) is 26.6. The third-order valence-electron chi connectivity index (χ3n) is 6.48. The predicted molar refractivity (Wildman–Crippen MR) is 152 cm³/mol. The highest BCUT2D eigenvalue weighted by atomic mass is 32.2. The number of carbonyl (C=O) groups excluding carboxylic acids is 2. The molecular weight excluding hydrogens is 543 g/mol. The first-order valence-corrected chi connectivity index (χ1v) is 15.5. The van der Waals surface area contributed by atoms with Crippen molar-refractivity contribution in [2.75, 3.05) is 30.5 Å². The van der Waals surface area contributed by atoms with Crippen LogP contribution in [0, 0.1) is 0 Å². The van der Waals surface area contributed by atoms with E-state index in [-0.39, 0.29) is 23.8 Å². The van der Waals surface area contributed by atoms with Crippen molar-refractivity contribution in [2.24, 2.45) is 0 Å². The van der Waals surface area contributed by atoms with Gasteiger partial charge in [0.25, 0.3) is 5.56 Å². The summed E-state index contributed by atoms with van der Waals surface area (Å²) in [4.78, 5) is 46.1. The number of esters is 1. The second-order valence-electron chi connectivity index (χ2n) is 8.91. The van der Waals surface area contributed by atoms with Gasteiger partial charge in [-0.1, -0.05) is 30.3 Å². The molecule has 0 unspecified atom stereocenters. The van der Waals surface area contributed by atoms with Crippen molar-refractivity contribution in [3.8, 4) is 11.4 Å². The lowest BCUT2D eigenvalue weighted by Crippen LogP contribution is -2.25. The minimum Gasteiger partial charge on any atom is -0.495 e. The number of hydrogen-bond donors (Lipinski definition) is 1. The van der Waals surface area contributed by atoms with Crippen LogP contribution in [0.1, 0.15) is 52.7 Å². The smallest absolute Gasteiger partial charge is 0.341 e. The first kappa shape index (κ1) is 26.8. The number of thioether (sulfide) groups is 2. The van der Waals surface area contributed by atoms with E-state index in [4.69, 9.17) is 14.5 Å². The number of para-hydroxylation sites is 2. The lowest BCUT2D eigenvalue weighted by atomic mass is 10.1. The van der Waals surface area contributed by atoms with E-state index in [1.165, 1.54) is 39.4 Å². The van der Waals surface area contributed by atoms with E-state index in [9.17, 15) is 14.4 Å². The van der Waals surface area contributed by atoms with Crippen LogP contribution in [0.25, 0.3) is 5.69 Å². The average Bonchev–Trinajstić information content (AvgIpc) is 3.45. The molecule has 0 bridgehead atoms. The van der Waals surface area contributed by atoms with Gasteiger partial charge in [-0.25, -0.2) is 9.78 Å². The molecule has 3 aromatic rings. The Bertz CT molecular complexity index is 1430. The first-order valence-electron chi connectivity index (χ1n) is 12.7. The van der Waals surface area contributed by atoms with Crippen molar-refractivity contribution >= 4 is 51.7 Å². The molecule has 8 nitrogen and oxygen atoms in total. The third-order valence-corrected chi connectivity index (χ3v) is 9.73. The fourth-order valence-corrected chi connectivity index (χ4v) is 7.90. The Hall–Kier alpha value is -2.76. The minimum absolute atomic E-state index is 0.0261. The molecule has 1 aromatic carbocycles. The fraction of sp³-hybridized carbons (Fsp3) is 0.407. The molecule has 0 radical (unpaired) electrons. The van der Waals surface area contributed by atoms with Gasteiger partial charge in [0.05, 0.1) is 41.3 Å². The van der Waals surface area contributed by atoms with E-state index in [1.54, 1.807) is 20.1 Å². The number of aryl methyl sites for hydroxylation is 2. The van der Waals surface area contributed by atoms with Crippen LogP contribution in [0.2, 0.25) is 0 Å². The van der Waals surface area contributed by atoms with Crippen LogP contribution in [0.15, 0.2) is 39.1 Å². The summed E-state index contributed by atoms with van der Waals surface area (Å²) in [5, 5.41) is 3.94. The number of thiophene rings is 1. The van der Waals surface area contributed by atoms with Crippen molar-refractivity contribution in [2.45, 2.75) is 55.5 Å². The molecule has 0 saturated carbocycles. The molecule has 2 aromatic heterocycles. The van der Waals surface area contributed by atoms with Crippen molar-refractivity contribution in [1.82, 2.24) is 9.55 Å². The Morgan fingerprint density at radius 1 is 1.16 bits per heavy atom. The molecule has 0 saturated heterocycles. The van der Waals surface area contributed by atoms with E-state index in [0.717, 1.165) is 54.0 Å². The molecule has 1 amide bonds. The highest BCUT2D eigenvalue weighted by molar-refractivity contribution is 8.00. The number of aromatic nitrogens is 2. The molecule has 0 fully saturated rings. The number of fused-ring (bicyclic) bond motifs is 2. The molecule has 0 spiro atoms. The Morgan fingerprint density at radius 2 is 1.97 bits per heavy atom. The van der Waals surface area contributed by atoms with E-state index >= 15 is 0 Å². The number of amides is 1.